The second kappa shape index (κ2) is 5.61. The number of aromatic amines is 1. The normalized spacial score (nSPS) is 15.6. The fraction of sp³-hybridized carbons (Fsp3) is 0.538. The van der Waals surface area contributed by atoms with Gasteiger partial charge in [-0.2, -0.15) is 18.3 Å². The number of fused-ring (bicyclic) bond motifs is 1. The number of halogens is 3. The van der Waals surface area contributed by atoms with E-state index in [1.807, 2.05) is 0 Å². The summed E-state index contributed by atoms with van der Waals surface area (Å²) in [6, 6.07) is 3.28. The fourth-order valence-corrected chi connectivity index (χ4v) is 2.14. The Hall–Kier alpha value is -1.67. The summed E-state index contributed by atoms with van der Waals surface area (Å²) in [4.78, 5) is 2.93. The molecular weight excluding hydrogens is 285 g/mol. The number of aromatic nitrogens is 3. The molecule has 0 bridgehead atoms. The zero-order chi connectivity index (χ0) is 15.7. The quantitative estimate of drug-likeness (QED) is 0.741. The van der Waals surface area contributed by atoms with Crippen LogP contribution in [0.25, 0.3) is 11.0 Å². The molecule has 21 heavy (non-hydrogen) atoms. The topological polar surface area (TPSA) is 73.8 Å². The van der Waals surface area contributed by atoms with Crippen molar-refractivity contribution in [1.29, 1.82) is 0 Å². The summed E-state index contributed by atoms with van der Waals surface area (Å²) >= 11 is 0. The Morgan fingerprint density at radius 3 is 2.67 bits per heavy atom. The number of aliphatic hydroxyl groups is 1. The van der Waals surface area contributed by atoms with Crippen LogP contribution in [-0.2, 0) is 6.54 Å². The molecule has 0 aliphatic heterocycles. The van der Waals surface area contributed by atoms with Gasteiger partial charge in [-0.25, -0.2) is 0 Å². The fourth-order valence-electron chi connectivity index (χ4n) is 2.14. The number of nitrogens with one attached hydrogen (secondary N) is 2. The van der Waals surface area contributed by atoms with E-state index in [4.69, 9.17) is 0 Å². The van der Waals surface area contributed by atoms with Gasteiger partial charge in [-0.3, -0.25) is 5.32 Å². The molecule has 2 aromatic heterocycles. The Kier molecular flexibility index (Phi) is 4.20. The maximum atomic E-state index is 13.0. The molecule has 2 rings (SSSR count). The molecule has 1 atom stereocenters. The van der Waals surface area contributed by atoms with E-state index >= 15 is 0 Å². The molecule has 1 unspecified atom stereocenters. The second-order valence-corrected chi connectivity index (χ2v) is 5.43. The van der Waals surface area contributed by atoms with E-state index in [1.165, 1.54) is 6.20 Å². The van der Waals surface area contributed by atoms with Crippen molar-refractivity contribution in [3.63, 3.8) is 0 Å². The maximum absolute atomic E-state index is 13.0. The van der Waals surface area contributed by atoms with Gasteiger partial charge in [0.15, 0.2) is 0 Å². The maximum Gasteiger partial charge on any atom is 0.430 e. The number of nitrogens with zero attached hydrogens (tertiary/aromatic N) is 2. The summed E-state index contributed by atoms with van der Waals surface area (Å²) in [5.41, 5.74) is -1.17. The first-order chi connectivity index (χ1) is 9.71. The van der Waals surface area contributed by atoms with Gasteiger partial charge in [0.2, 0.25) is 5.72 Å². The molecule has 116 valence electrons. The van der Waals surface area contributed by atoms with Crippen LogP contribution in [0.3, 0.4) is 0 Å². The molecule has 0 amide bonds. The minimum atomic E-state index is -4.75. The van der Waals surface area contributed by atoms with Gasteiger partial charge in [0, 0.05) is 18.7 Å². The summed E-state index contributed by atoms with van der Waals surface area (Å²) < 4.78 is 39.1. The number of H-pyrrole nitrogens is 1. The molecule has 3 N–H and O–H groups in total. The van der Waals surface area contributed by atoms with Crippen LogP contribution in [0.4, 0.5) is 13.2 Å². The molecule has 0 aromatic carbocycles. The van der Waals surface area contributed by atoms with Gasteiger partial charge in [-0.05, 0) is 18.1 Å². The molecule has 0 saturated carbocycles. The lowest BCUT2D eigenvalue weighted by atomic mass is 9.99. The van der Waals surface area contributed by atoms with Gasteiger partial charge in [-0.1, -0.05) is 13.8 Å². The van der Waals surface area contributed by atoms with Crippen molar-refractivity contribution < 1.29 is 18.3 Å². The van der Waals surface area contributed by atoms with Crippen LogP contribution < -0.4 is 5.32 Å². The van der Waals surface area contributed by atoms with E-state index in [9.17, 15) is 18.3 Å². The lowest BCUT2D eigenvalue weighted by molar-refractivity contribution is -0.279. The van der Waals surface area contributed by atoms with Crippen LogP contribution in [0, 0.1) is 5.92 Å². The monoisotopic (exact) mass is 302 g/mol. The van der Waals surface area contributed by atoms with Crippen LogP contribution in [0.1, 0.15) is 26.0 Å². The molecular formula is C13H17F3N4O. The van der Waals surface area contributed by atoms with Crippen molar-refractivity contribution in [3.05, 3.63) is 24.0 Å². The number of rotatable bonds is 5. The van der Waals surface area contributed by atoms with Crippen molar-refractivity contribution >= 4 is 11.0 Å². The lowest BCUT2D eigenvalue weighted by Gasteiger charge is -2.32. The molecule has 2 aromatic rings. The first-order valence-electron chi connectivity index (χ1n) is 6.55. The van der Waals surface area contributed by atoms with Crippen molar-refractivity contribution in [1.82, 2.24) is 20.5 Å². The SMILES string of the molecule is CC(C)CC(O)(NCc1cc2nnccc2[nH]1)C(F)(F)F. The van der Waals surface area contributed by atoms with Gasteiger partial charge in [0.05, 0.1) is 11.7 Å². The van der Waals surface area contributed by atoms with Gasteiger partial charge in [-0.15, -0.1) is 5.10 Å². The molecule has 0 saturated heterocycles. The van der Waals surface area contributed by atoms with E-state index in [2.05, 4.69) is 20.5 Å². The second-order valence-electron chi connectivity index (χ2n) is 5.43. The number of hydrogen-bond donors (Lipinski definition) is 3. The highest BCUT2D eigenvalue weighted by Gasteiger charge is 2.53. The Morgan fingerprint density at radius 1 is 1.38 bits per heavy atom. The molecule has 8 heteroatoms. The smallest absolute Gasteiger partial charge is 0.368 e. The summed E-state index contributed by atoms with van der Waals surface area (Å²) in [6.45, 7) is 3.09. The standard InChI is InChI=1S/C13H17F3N4O/c1-8(2)6-12(21,13(14,15)16)17-7-9-5-11-10(19-9)3-4-18-20-11/h3-5,8,17,19,21H,6-7H2,1-2H3. The third-order valence-corrected chi connectivity index (χ3v) is 3.10. The Bertz CT molecular complexity index is 578. The number of alkyl halides is 3. The first-order valence-corrected chi connectivity index (χ1v) is 6.55. The minimum Gasteiger partial charge on any atom is -0.368 e. The summed E-state index contributed by atoms with van der Waals surface area (Å²) in [5.74, 6) is -0.308. The number of hydrogen-bond acceptors (Lipinski definition) is 4. The average Bonchev–Trinajstić information content (AvgIpc) is 2.77. The molecule has 0 fully saturated rings. The molecule has 0 radical (unpaired) electrons. The molecule has 0 aliphatic carbocycles. The highest BCUT2D eigenvalue weighted by atomic mass is 19.4. The van der Waals surface area contributed by atoms with Crippen LogP contribution in [-0.4, -0.2) is 32.2 Å². The van der Waals surface area contributed by atoms with E-state index in [0.717, 1.165) is 0 Å². The lowest BCUT2D eigenvalue weighted by Crippen LogP contribution is -2.57. The average molecular weight is 302 g/mol. The van der Waals surface area contributed by atoms with Gasteiger partial charge < -0.3 is 10.1 Å². The Morgan fingerprint density at radius 2 is 2.10 bits per heavy atom. The van der Waals surface area contributed by atoms with Crippen LogP contribution >= 0.6 is 0 Å². The van der Waals surface area contributed by atoms with Gasteiger partial charge in [0.25, 0.3) is 0 Å². The van der Waals surface area contributed by atoms with Crippen molar-refractivity contribution in [2.45, 2.75) is 38.7 Å². The molecule has 5 nitrogen and oxygen atoms in total. The highest BCUT2D eigenvalue weighted by Crippen LogP contribution is 2.33. The third-order valence-electron chi connectivity index (χ3n) is 3.10. The minimum absolute atomic E-state index is 0.154. The van der Waals surface area contributed by atoms with Crippen LogP contribution in [0.5, 0.6) is 0 Å². The van der Waals surface area contributed by atoms with Crippen LogP contribution in [0.2, 0.25) is 0 Å². The third kappa shape index (κ3) is 3.51. The molecule has 2 heterocycles. The molecule has 0 spiro atoms. The largest absolute Gasteiger partial charge is 0.430 e. The Labute approximate surface area is 119 Å². The van der Waals surface area contributed by atoms with E-state index in [0.29, 0.717) is 16.7 Å². The van der Waals surface area contributed by atoms with Crippen molar-refractivity contribution in [2.24, 2.45) is 5.92 Å². The van der Waals surface area contributed by atoms with Crippen molar-refractivity contribution in [3.8, 4) is 0 Å². The summed E-state index contributed by atoms with van der Waals surface area (Å²) in [6.07, 6.45) is -3.68. The summed E-state index contributed by atoms with van der Waals surface area (Å²) in [7, 11) is 0. The van der Waals surface area contributed by atoms with E-state index < -0.39 is 18.3 Å². The van der Waals surface area contributed by atoms with Crippen LogP contribution in [0.15, 0.2) is 18.3 Å². The van der Waals surface area contributed by atoms with Gasteiger partial charge in [0.1, 0.15) is 5.52 Å². The first kappa shape index (κ1) is 15.7. The highest BCUT2D eigenvalue weighted by molar-refractivity contribution is 5.74. The predicted molar refractivity (Wildman–Crippen MR) is 71.2 cm³/mol. The molecule has 0 aliphatic rings. The predicted octanol–water partition coefficient (Wildman–Crippen LogP) is 2.34. The zero-order valence-corrected chi connectivity index (χ0v) is 11.7. The van der Waals surface area contributed by atoms with E-state index in [1.54, 1.807) is 26.0 Å². The summed E-state index contributed by atoms with van der Waals surface area (Å²) in [5, 5.41) is 19.6. The van der Waals surface area contributed by atoms with Crippen molar-refractivity contribution in [2.75, 3.05) is 0 Å². The Balaban J connectivity index is 2.14. The van der Waals surface area contributed by atoms with E-state index in [-0.39, 0.29) is 12.5 Å². The van der Waals surface area contributed by atoms with Gasteiger partial charge >= 0.3 is 6.18 Å². The zero-order valence-electron chi connectivity index (χ0n) is 11.7.